The molecule has 7 nitrogen and oxygen atoms in total. The van der Waals surface area contributed by atoms with E-state index in [0.29, 0.717) is 37.7 Å². The van der Waals surface area contributed by atoms with E-state index in [4.69, 9.17) is 16.3 Å². The minimum absolute atomic E-state index is 0.0357. The molecule has 3 aromatic rings. The average Bonchev–Trinajstić information content (AvgIpc) is 3.63. The molecule has 2 N–H and O–H groups in total. The summed E-state index contributed by atoms with van der Waals surface area (Å²) < 4.78 is 33.3. The smallest absolute Gasteiger partial charge is 0.217 e. The molecule has 3 aliphatic rings. The van der Waals surface area contributed by atoms with Crippen molar-refractivity contribution < 1.29 is 13.2 Å². The number of nitrogens with zero attached hydrogens (tertiary/aromatic N) is 2. The number of nitrogens with one attached hydrogen (secondary N) is 2. The van der Waals surface area contributed by atoms with Gasteiger partial charge in [-0.05, 0) is 53.6 Å². The van der Waals surface area contributed by atoms with Crippen LogP contribution in [-0.4, -0.2) is 54.2 Å². The molecule has 9 heteroatoms. The highest BCUT2D eigenvalue weighted by Gasteiger charge is 2.41. The summed E-state index contributed by atoms with van der Waals surface area (Å²) in [6.07, 6.45) is 5.88. The number of fused-ring (bicyclic) bond motifs is 2. The highest BCUT2D eigenvalue weighted by molar-refractivity contribution is 7.90. The summed E-state index contributed by atoms with van der Waals surface area (Å²) in [5.74, 6) is 0. The van der Waals surface area contributed by atoms with Gasteiger partial charge in [-0.1, -0.05) is 17.7 Å². The Kier molecular flexibility index (Phi) is 5.04. The van der Waals surface area contributed by atoms with Crippen LogP contribution in [0.25, 0.3) is 22.2 Å². The molecule has 6 rings (SSSR count). The van der Waals surface area contributed by atoms with Crippen molar-refractivity contribution in [2.45, 2.75) is 37.1 Å². The highest BCUT2D eigenvalue weighted by atomic mass is 35.5. The van der Waals surface area contributed by atoms with Gasteiger partial charge < -0.3 is 15.0 Å². The number of H-pyrrole nitrogens is 1. The first-order chi connectivity index (χ1) is 15.5. The van der Waals surface area contributed by atoms with Crippen LogP contribution in [-0.2, 0) is 27.7 Å². The summed E-state index contributed by atoms with van der Waals surface area (Å²) in [4.78, 5) is 7.62. The third kappa shape index (κ3) is 3.54. The number of rotatable bonds is 4. The Hall–Kier alpha value is -1.97. The maximum absolute atomic E-state index is 12.9. The van der Waals surface area contributed by atoms with E-state index in [1.807, 2.05) is 6.20 Å². The Balaban J connectivity index is 1.44. The molecule has 32 heavy (non-hydrogen) atoms. The quantitative estimate of drug-likeness (QED) is 0.607. The lowest BCUT2D eigenvalue weighted by molar-refractivity contribution is 0.0764. The van der Waals surface area contributed by atoms with Gasteiger partial charge in [0.25, 0.3) is 0 Å². The zero-order valence-corrected chi connectivity index (χ0v) is 19.2. The van der Waals surface area contributed by atoms with Crippen LogP contribution >= 0.6 is 11.6 Å². The Morgan fingerprint density at radius 1 is 1.19 bits per heavy atom. The zero-order chi connectivity index (χ0) is 21.9. The van der Waals surface area contributed by atoms with Crippen molar-refractivity contribution in [1.29, 1.82) is 0 Å². The fourth-order valence-electron chi connectivity index (χ4n) is 4.84. The van der Waals surface area contributed by atoms with Gasteiger partial charge >= 0.3 is 0 Å². The molecule has 168 valence electrons. The fourth-order valence-corrected chi connectivity index (χ4v) is 6.85. The van der Waals surface area contributed by atoms with Crippen molar-refractivity contribution in [3.8, 4) is 11.1 Å². The topological polar surface area (TPSA) is 87.3 Å². The molecule has 2 aliphatic heterocycles. The first-order valence-electron chi connectivity index (χ1n) is 11.1. The molecule has 1 saturated heterocycles. The van der Waals surface area contributed by atoms with E-state index >= 15 is 0 Å². The Bertz CT molecular complexity index is 1300. The van der Waals surface area contributed by atoms with Gasteiger partial charge in [0.05, 0.1) is 29.5 Å². The monoisotopic (exact) mass is 472 g/mol. The van der Waals surface area contributed by atoms with E-state index in [1.54, 1.807) is 10.5 Å². The van der Waals surface area contributed by atoms with Gasteiger partial charge in [0.15, 0.2) is 0 Å². The summed E-state index contributed by atoms with van der Waals surface area (Å²) in [5.41, 5.74) is 6.26. The number of ether oxygens (including phenoxy) is 1. The van der Waals surface area contributed by atoms with E-state index in [1.165, 1.54) is 5.56 Å². The molecular weight excluding hydrogens is 448 g/mol. The SMILES string of the molecule is O=S(=O)(C1CC1)N1CCc2cc(-c3cnc4[nH]cc(Cl)c4c3)cc(C3COCCN3)c2C1. The normalized spacial score (nSPS) is 22.2. The maximum Gasteiger partial charge on any atom is 0.217 e. The molecule has 0 bridgehead atoms. The molecule has 1 aromatic carbocycles. The lowest BCUT2D eigenvalue weighted by Crippen LogP contribution is -2.40. The maximum atomic E-state index is 12.9. The second-order valence-electron chi connectivity index (χ2n) is 8.87. The standard InChI is InChI=1S/C23H25ClN4O3S/c24-21-11-27-23-19(21)9-16(10-26-23)15-7-14-3-5-28(32(29,30)17-1-2-17)12-20(14)18(8-15)22-13-31-6-4-25-22/h7-11,17,22,25H,1-6,12-13H2,(H,26,27). The van der Waals surface area contributed by atoms with E-state index in [-0.39, 0.29) is 11.3 Å². The van der Waals surface area contributed by atoms with Crippen molar-refractivity contribution in [1.82, 2.24) is 19.6 Å². The highest BCUT2D eigenvalue weighted by Crippen LogP contribution is 2.38. The Morgan fingerprint density at radius 2 is 2.06 bits per heavy atom. The zero-order valence-electron chi connectivity index (χ0n) is 17.6. The number of hydrogen-bond acceptors (Lipinski definition) is 5. The van der Waals surface area contributed by atoms with Crippen molar-refractivity contribution in [2.75, 3.05) is 26.3 Å². The van der Waals surface area contributed by atoms with Gasteiger partial charge in [-0.15, -0.1) is 0 Å². The van der Waals surface area contributed by atoms with Gasteiger partial charge in [0.2, 0.25) is 10.0 Å². The number of benzene rings is 1. The number of halogens is 1. The van der Waals surface area contributed by atoms with Crippen LogP contribution in [0, 0.1) is 0 Å². The molecule has 1 unspecified atom stereocenters. The first kappa shape index (κ1) is 20.6. The lowest BCUT2D eigenvalue weighted by atomic mass is 9.88. The number of pyridine rings is 1. The van der Waals surface area contributed by atoms with Gasteiger partial charge in [-0.25, -0.2) is 13.4 Å². The van der Waals surface area contributed by atoms with Crippen molar-refractivity contribution >= 4 is 32.7 Å². The van der Waals surface area contributed by atoms with Crippen molar-refractivity contribution in [3.05, 3.63) is 52.3 Å². The second-order valence-corrected chi connectivity index (χ2v) is 11.5. The van der Waals surface area contributed by atoms with Gasteiger partial charge in [-0.3, -0.25) is 0 Å². The number of aromatic nitrogens is 2. The average molecular weight is 473 g/mol. The molecule has 2 aromatic heterocycles. The lowest BCUT2D eigenvalue weighted by Gasteiger charge is -2.33. The molecule has 4 heterocycles. The van der Waals surface area contributed by atoms with Crippen LogP contribution in [0.5, 0.6) is 0 Å². The van der Waals surface area contributed by atoms with Crippen molar-refractivity contribution in [2.24, 2.45) is 0 Å². The molecule has 0 amide bonds. The largest absolute Gasteiger partial charge is 0.378 e. The molecule has 0 radical (unpaired) electrons. The van der Waals surface area contributed by atoms with Crippen LogP contribution < -0.4 is 5.32 Å². The Morgan fingerprint density at radius 3 is 2.84 bits per heavy atom. The molecule has 2 fully saturated rings. The summed E-state index contributed by atoms with van der Waals surface area (Å²) in [6.45, 7) is 3.01. The van der Waals surface area contributed by atoms with E-state index < -0.39 is 10.0 Å². The van der Waals surface area contributed by atoms with Crippen LogP contribution in [0.15, 0.2) is 30.6 Å². The summed E-state index contributed by atoms with van der Waals surface area (Å²) in [7, 11) is -3.21. The minimum Gasteiger partial charge on any atom is -0.378 e. The van der Waals surface area contributed by atoms with Gasteiger partial charge in [-0.2, -0.15) is 4.31 Å². The molecule has 1 aliphatic carbocycles. The van der Waals surface area contributed by atoms with Gasteiger partial charge in [0.1, 0.15) is 5.65 Å². The predicted octanol–water partition coefficient (Wildman–Crippen LogP) is 3.39. The molecular formula is C23H25ClN4O3S. The Labute approximate surface area is 192 Å². The third-order valence-corrected chi connectivity index (χ3v) is 9.42. The van der Waals surface area contributed by atoms with Gasteiger partial charge in [0, 0.05) is 43.0 Å². The van der Waals surface area contributed by atoms with E-state index in [0.717, 1.165) is 52.7 Å². The predicted molar refractivity (Wildman–Crippen MR) is 124 cm³/mol. The van der Waals surface area contributed by atoms with Crippen LogP contribution in [0.3, 0.4) is 0 Å². The first-order valence-corrected chi connectivity index (χ1v) is 13.0. The molecule has 1 saturated carbocycles. The number of morpholine rings is 1. The fraction of sp³-hybridized carbons (Fsp3) is 0.435. The molecule has 1 atom stereocenters. The third-order valence-electron chi connectivity index (χ3n) is 6.76. The summed E-state index contributed by atoms with van der Waals surface area (Å²) in [5, 5.41) is 4.91. The van der Waals surface area contributed by atoms with Crippen LogP contribution in [0.1, 0.15) is 35.6 Å². The number of hydrogen-bond donors (Lipinski definition) is 2. The minimum atomic E-state index is -3.21. The van der Waals surface area contributed by atoms with E-state index in [9.17, 15) is 8.42 Å². The summed E-state index contributed by atoms with van der Waals surface area (Å²) in [6, 6.07) is 6.45. The number of aromatic amines is 1. The van der Waals surface area contributed by atoms with Crippen LogP contribution in [0.2, 0.25) is 5.02 Å². The summed E-state index contributed by atoms with van der Waals surface area (Å²) >= 11 is 6.33. The number of sulfonamides is 1. The molecule has 0 spiro atoms. The van der Waals surface area contributed by atoms with Crippen molar-refractivity contribution in [3.63, 3.8) is 0 Å². The van der Waals surface area contributed by atoms with Crippen LogP contribution in [0.4, 0.5) is 0 Å². The second kappa shape index (κ2) is 7.81. The van der Waals surface area contributed by atoms with E-state index in [2.05, 4.69) is 33.5 Å².